The van der Waals surface area contributed by atoms with Gasteiger partial charge in [0.2, 0.25) is 0 Å². The van der Waals surface area contributed by atoms with Crippen LogP contribution in [0.2, 0.25) is 0 Å². The van der Waals surface area contributed by atoms with E-state index in [0.29, 0.717) is 0 Å². The van der Waals surface area contributed by atoms with Gasteiger partial charge in [-0.3, -0.25) is 0 Å². The van der Waals surface area contributed by atoms with E-state index in [1.165, 1.54) is 203 Å². The summed E-state index contributed by atoms with van der Waals surface area (Å²) in [6.07, 6.45) is 46.9. The third-order valence-electron chi connectivity index (χ3n) is 10.2. The average Bonchev–Trinajstić information content (AvgIpc) is 3.46. The fourth-order valence-corrected chi connectivity index (χ4v) is 7.10. The van der Waals surface area contributed by atoms with Crippen molar-refractivity contribution < 1.29 is 0 Å². The van der Waals surface area contributed by atoms with Crippen molar-refractivity contribution in [2.45, 2.75) is 226 Å². The van der Waals surface area contributed by atoms with Crippen LogP contribution in [0.1, 0.15) is 217 Å². The Labute approximate surface area is 288 Å². The highest BCUT2D eigenvalue weighted by Gasteiger charge is 2.09. The van der Waals surface area contributed by atoms with Crippen LogP contribution in [0.25, 0.3) is 0 Å². The number of rotatable bonds is 34. The lowest BCUT2D eigenvalue weighted by Gasteiger charge is -2.08. The van der Waals surface area contributed by atoms with Crippen LogP contribution < -0.4 is 0 Å². The number of imidazole rings is 1. The summed E-state index contributed by atoms with van der Waals surface area (Å²) in [6.45, 7) is 5.78. The van der Waals surface area contributed by atoms with Crippen LogP contribution in [0.4, 0.5) is 0 Å². The van der Waals surface area contributed by atoms with E-state index < -0.39 is 0 Å². The molecule has 0 atom stereocenters. The molecule has 0 fully saturated rings. The van der Waals surface area contributed by atoms with Gasteiger partial charge in [-0.05, 0) is 37.7 Å². The van der Waals surface area contributed by atoms with Gasteiger partial charge in [-0.25, -0.2) is 4.98 Å². The minimum atomic E-state index is 1.10. The second-order valence-electron chi connectivity index (χ2n) is 14.6. The Balaban J connectivity index is 1.56. The minimum absolute atomic E-state index is 1.10. The van der Waals surface area contributed by atoms with Crippen molar-refractivity contribution in [1.29, 1.82) is 0 Å². The zero-order valence-electron chi connectivity index (χ0n) is 31.2. The van der Waals surface area contributed by atoms with Crippen molar-refractivity contribution in [3.05, 3.63) is 53.6 Å². The highest BCUT2D eigenvalue weighted by atomic mass is 15.1. The highest BCUT2D eigenvalue weighted by molar-refractivity contribution is 5.15. The molecule has 0 radical (unpaired) electrons. The van der Waals surface area contributed by atoms with E-state index in [2.05, 4.69) is 54.9 Å². The summed E-state index contributed by atoms with van der Waals surface area (Å²) in [5.41, 5.74) is 2.77. The molecule has 1 aromatic heterocycles. The Kier molecular flexibility index (Phi) is 27.1. The number of hydrogen-bond acceptors (Lipinski definition) is 1. The van der Waals surface area contributed by atoms with Crippen molar-refractivity contribution in [1.82, 2.24) is 9.55 Å². The summed E-state index contributed by atoms with van der Waals surface area (Å²) in [7, 11) is 0. The van der Waals surface area contributed by atoms with E-state index in [1.807, 2.05) is 0 Å². The standard InChI is InChI=1S/C44H78N2/c1-3-5-7-9-11-13-15-16-17-18-19-20-21-23-25-27-32-39-44-45-43(38-34-37-42-35-30-29-31-36-42)41-46(44)40-33-28-26-24-22-14-12-10-8-6-4-2/h29-31,35-36,41H,3-28,32-34,37-40H2,1-2H3. The molecule has 46 heavy (non-hydrogen) atoms. The molecule has 1 heterocycles. The molecule has 0 N–H and O–H groups in total. The summed E-state index contributed by atoms with van der Waals surface area (Å²) in [5, 5.41) is 0. The van der Waals surface area contributed by atoms with Crippen molar-refractivity contribution >= 4 is 0 Å². The summed E-state index contributed by atoms with van der Waals surface area (Å²) >= 11 is 0. The third kappa shape index (κ3) is 22.9. The maximum Gasteiger partial charge on any atom is 0.108 e. The Morgan fingerprint density at radius 2 is 0.826 bits per heavy atom. The van der Waals surface area contributed by atoms with Crippen molar-refractivity contribution in [2.75, 3.05) is 0 Å². The lowest BCUT2D eigenvalue weighted by Crippen LogP contribution is -2.03. The van der Waals surface area contributed by atoms with Gasteiger partial charge in [0.15, 0.2) is 0 Å². The largest absolute Gasteiger partial charge is 0.335 e. The van der Waals surface area contributed by atoms with Gasteiger partial charge in [0.05, 0.1) is 5.69 Å². The SMILES string of the molecule is CCCCCCCCCCCCCCCCCCCc1nc(CCCc2ccccc2)cn1CCCCCCCCCCCCC. The van der Waals surface area contributed by atoms with E-state index in [4.69, 9.17) is 4.98 Å². The number of nitrogens with zero attached hydrogens (tertiary/aromatic N) is 2. The Hall–Kier alpha value is -1.57. The van der Waals surface area contributed by atoms with Gasteiger partial charge in [0, 0.05) is 19.2 Å². The molecule has 1 aromatic carbocycles. The van der Waals surface area contributed by atoms with Gasteiger partial charge >= 0.3 is 0 Å². The van der Waals surface area contributed by atoms with E-state index in [0.717, 1.165) is 25.8 Å². The predicted molar refractivity (Wildman–Crippen MR) is 205 cm³/mol. The molecule has 0 unspecified atom stereocenters. The molecule has 2 nitrogen and oxygen atoms in total. The molecule has 0 saturated heterocycles. The number of aryl methyl sites for hydroxylation is 4. The molecule has 2 aromatic rings. The third-order valence-corrected chi connectivity index (χ3v) is 10.2. The van der Waals surface area contributed by atoms with Crippen molar-refractivity contribution in [3.63, 3.8) is 0 Å². The predicted octanol–water partition coefficient (Wildman–Crippen LogP) is 14.6. The highest BCUT2D eigenvalue weighted by Crippen LogP contribution is 2.17. The molecule has 0 spiro atoms. The Bertz CT molecular complexity index is 885. The summed E-state index contributed by atoms with van der Waals surface area (Å²) < 4.78 is 2.54. The molecule has 264 valence electrons. The number of hydrogen-bond donors (Lipinski definition) is 0. The molecule has 0 saturated carbocycles. The Morgan fingerprint density at radius 3 is 1.28 bits per heavy atom. The van der Waals surface area contributed by atoms with Gasteiger partial charge in [-0.2, -0.15) is 0 Å². The maximum atomic E-state index is 5.19. The number of unbranched alkanes of at least 4 members (excludes halogenated alkanes) is 26. The fourth-order valence-electron chi connectivity index (χ4n) is 7.10. The van der Waals surface area contributed by atoms with Crippen LogP contribution in [0.15, 0.2) is 36.5 Å². The normalized spacial score (nSPS) is 11.5. The van der Waals surface area contributed by atoms with Crippen LogP contribution in [0.3, 0.4) is 0 Å². The zero-order valence-corrected chi connectivity index (χ0v) is 31.2. The van der Waals surface area contributed by atoms with Gasteiger partial charge in [-0.1, -0.05) is 211 Å². The topological polar surface area (TPSA) is 17.8 Å². The molecule has 2 heteroatoms. The second-order valence-corrected chi connectivity index (χ2v) is 14.6. The summed E-state index contributed by atoms with van der Waals surface area (Å²) in [5.74, 6) is 1.36. The molecule has 0 amide bonds. The lowest BCUT2D eigenvalue weighted by atomic mass is 10.0. The van der Waals surface area contributed by atoms with E-state index in [9.17, 15) is 0 Å². The summed E-state index contributed by atoms with van der Waals surface area (Å²) in [6, 6.07) is 11.0. The molecule has 0 aliphatic carbocycles. The first kappa shape index (κ1) is 40.6. The van der Waals surface area contributed by atoms with Crippen LogP contribution >= 0.6 is 0 Å². The molecule has 0 aliphatic heterocycles. The number of benzene rings is 1. The maximum absolute atomic E-state index is 5.19. The van der Waals surface area contributed by atoms with Crippen molar-refractivity contribution in [2.24, 2.45) is 0 Å². The van der Waals surface area contributed by atoms with Crippen LogP contribution in [0, 0.1) is 0 Å². The smallest absolute Gasteiger partial charge is 0.108 e. The van der Waals surface area contributed by atoms with Crippen LogP contribution in [-0.2, 0) is 25.8 Å². The van der Waals surface area contributed by atoms with Gasteiger partial charge < -0.3 is 4.57 Å². The average molecular weight is 635 g/mol. The van der Waals surface area contributed by atoms with Gasteiger partial charge in [0.25, 0.3) is 0 Å². The molecule has 0 aliphatic rings. The van der Waals surface area contributed by atoms with Crippen LogP contribution in [-0.4, -0.2) is 9.55 Å². The number of aromatic nitrogens is 2. The first-order chi connectivity index (χ1) is 22.8. The quantitative estimate of drug-likeness (QED) is 0.0700. The first-order valence-corrected chi connectivity index (χ1v) is 20.9. The zero-order chi connectivity index (χ0) is 32.6. The monoisotopic (exact) mass is 635 g/mol. The molecular formula is C44H78N2. The molecular weight excluding hydrogens is 556 g/mol. The minimum Gasteiger partial charge on any atom is -0.335 e. The first-order valence-electron chi connectivity index (χ1n) is 20.9. The second kappa shape index (κ2) is 30.7. The lowest BCUT2D eigenvalue weighted by molar-refractivity contribution is 0.516. The van der Waals surface area contributed by atoms with Gasteiger partial charge in [0.1, 0.15) is 5.82 Å². The molecule has 2 rings (SSSR count). The van der Waals surface area contributed by atoms with Crippen molar-refractivity contribution in [3.8, 4) is 0 Å². The fraction of sp³-hybridized carbons (Fsp3) is 0.795. The van der Waals surface area contributed by atoms with Gasteiger partial charge in [-0.15, -0.1) is 0 Å². The van der Waals surface area contributed by atoms with E-state index in [1.54, 1.807) is 0 Å². The van der Waals surface area contributed by atoms with Crippen LogP contribution in [0.5, 0.6) is 0 Å². The summed E-state index contributed by atoms with van der Waals surface area (Å²) in [4.78, 5) is 5.19. The Morgan fingerprint density at radius 1 is 0.413 bits per heavy atom. The molecule has 0 bridgehead atoms. The van der Waals surface area contributed by atoms with E-state index >= 15 is 0 Å². The van der Waals surface area contributed by atoms with E-state index in [-0.39, 0.29) is 0 Å².